The molecule has 1 aromatic heterocycles. The number of carbonyl (C=O) groups is 1. The van der Waals surface area contributed by atoms with Crippen molar-refractivity contribution in [3.63, 3.8) is 0 Å². The number of para-hydroxylation sites is 1. The predicted molar refractivity (Wildman–Crippen MR) is 97.8 cm³/mol. The Morgan fingerprint density at radius 2 is 2.15 bits per heavy atom. The minimum Gasteiger partial charge on any atom is -0.469 e. The second-order valence-corrected chi connectivity index (χ2v) is 8.33. The molecule has 0 bridgehead atoms. The smallest absolute Gasteiger partial charge is 0.311 e. The lowest BCUT2D eigenvalue weighted by atomic mass is 9.65. The van der Waals surface area contributed by atoms with Crippen LogP contribution in [0.5, 0.6) is 0 Å². The van der Waals surface area contributed by atoms with E-state index in [0.29, 0.717) is 12.0 Å². The van der Waals surface area contributed by atoms with Gasteiger partial charge in [-0.2, -0.15) is 0 Å². The summed E-state index contributed by atoms with van der Waals surface area (Å²) in [6.07, 6.45) is 3.25. The van der Waals surface area contributed by atoms with Gasteiger partial charge in [0.1, 0.15) is 6.04 Å². The lowest BCUT2D eigenvalue weighted by molar-refractivity contribution is -0.945. The van der Waals surface area contributed by atoms with Gasteiger partial charge in [0.25, 0.3) is 0 Å². The van der Waals surface area contributed by atoms with Gasteiger partial charge in [0.15, 0.2) is 0 Å². The Kier molecular flexibility index (Phi) is 3.83. The van der Waals surface area contributed by atoms with E-state index in [1.54, 1.807) is 4.90 Å². The molecule has 1 aliphatic carbocycles. The number of nitrogens with one attached hydrogen (secondary N) is 2. The van der Waals surface area contributed by atoms with Gasteiger partial charge in [-0.3, -0.25) is 4.79 Å². The van der Waals surface area contributed by atoms with E-state index in [1.165, 1.54) is 29.3 Å². The van der Waals surface area contributed by atoms with Crippen molar-refractivity contribution in [2.24, 2.45) is 17.8 Å². The monoisotopic (exact) mass is 355 g/mol. The van der Waals surface area contributed by atoms with Crippen molar-refractivity contribution >= 4 is 16.9 Å². The number of rotatable bonds is 1. The Morgan fingerprint density at radius 1 is 1.31 bits per heavy atom. The van der Waals surface area contributed by atoms with Crippen molar-refractivity contribution in [1.29, 1.82) is 0 Å². The molecule has 0 amide bonds. The van der Waals surface area contributed by atoms with Gasteiger partial charge in [0, 0.05) is 29.7 Å². The third kappa shape index (κ3) is 2.33. The Bertz CT molecular complexity index is 845. The summed E-state index contributed by atoms with van der Waals surface area (Å²) in [6.45, 7) is 2.26. The first-order chi connectivity index (χ1) is 12.7. The molecule has 3 heterocycles. The molecular formula is C21H27N2O3+. The fourth-order valence-corrected chi connectivity index (χ4v) is 6.01. The summed E-state index contributed by atoms with van der Waals surface area (Å²) in [4.78, 5) is 17.7. The van der Waals surface area contributed by atoms with Crippen LogP contribution in [-0.2, 0) is 16.0 Å². The van der Waals surface area contributed by atoms with E-state index in [2.05, 4.69) is 29.2 Å². The molecule has 1 saturated carbocycles. The number of esters is 1. The van der Waals surface area contributed by atoms with Crippen molar-refractivity contribution in [2.75, 3.05) is 20.2 Å². The number of aliphatic hydroxyl groups is 1. The van der Waals surface area contributed by atoms with Crippen LogP contribution >= 0.6 is 0 Å². The largest absolute Gasteiger partial charge is 0.469 e. The SMILES string of the molecule is COC(=O)[C@@H]1[C@@H]2C[C@@H]3c4[nH]c5ccccc5c4CC[NH+]3C[C@H]2CC[C@@H]1O. The van der Waals surface area contributed by atoms with Gasteiger partial charge in [-0.15, -0.1) is 0 Å². The highest BCUT2D eigenvalue weighted by Crippen LogP contribution is 2.43. The van der Waals surface area contributed by atoms with Crippen molar-refractivity contribution in [1.82, 2.24) is 4.98 Å². The number of aliphatic hydroxyl groups excluding tert-OH is 1. The summed E-state index contributed by atoms with van der Waals surface area (Å²) < 4.78 is 5.05. The molecule has 2 aromatic rings. The maximum atomic E-state index is 12.4. The van der Waals surface area contributed by atoms with Crippen LogP contribution in [0.4, 0.5) is 0 Å². The summed E-state index contributed by atoms with van der Waals surface area (Å²) in [6, 6.07) is 8.95. The molecule has 1 unspecified atom stereocenters. The minimum atomic E-state index is -0.559. The second kappa shape index (κ2) is 6.10. The topological polar surface area (TPSA) is 66.8 Å². The molecule has 2 aliphatic heterocycles. The highest BCUT2D eigenvalue weighted by atomic mass is 16.5. The number of aromatic nitrogens is 1. The third-order valence-corrected chi connectivity index (χ3v) is 7.20. The van der Waals surface area contributed by atoms with E-state index in [4.69, 9.17) is 4.74 Å². The summed E-state index contributed by atoms with van der Waals surface area (Å²) in [7, 11) is 1.44. The van der Waals surface area contributed by atoms with Gasteiger partial charge in [-0.05, 0) is 30.4 Å². The first-order valence-corrected chi connectivity index (χ1v) is 9.87. The molecule has 3 N–H and O–H groups in total. The van der Waals surface area contributed by atoms with Gasteiger partial charge in [-0.1, -0.05) is 18.2 Å². The van der Waals surface area contributed by atoms with Crippen molar-refractivity contribution in [3.05, 3.63) is 35.5 Å². The number of fused-ring (bicyclic) bond motifs is 6. The van der Waals surface area contributed by atoms with Gasteiger partial charge < -0.3 is 19.7 Å². The first-order valence-electron chi connectivity index (χ1n) is 9.87. The van der Waals surface area contributed by atoms with Crippen LogP contribution in [0.15, 0.2) is 24.3 Å². The summed E-state index contributed by atoms with van der Waals surface area (Å²) >= 11 is 0. The number of hydrogen-bond donors (Lipinski definition) is 3. The van der Waals surface area contributed by atoms with E-state index in [0.717, 1.165) is 38.8 Å². The average Bonchev–Trinajstić information content (AvgIpc) is 3.05. The predicted octanol–water partition coefficient (Wildman–Crippen LogP) is 1.23. The molecule has 138 valence electrons. The minimum absolute atomic E-state index is 0.220. The Labute approximate surface area is 153 Å². The van der Waals surface area contributed by atoms with E-state index < -0.39 is 6.10 Å². The number of carbonyl (C=O) groups excluding carboxylic acids is 1. The first kappa shape index (κ1) is 16.3. The number of H-pyrrole nitrogens is 1. The maximum absolute atomic E-state index is 12.4. The number of benzene rings is 1. The molecule has 1 saturated heterocycles. The fraction of sp³-hybridized carbons (Fsp3) is 0.571. The van der Waals surface area contributed by atoms with Crippen LogP contribution < -0.4 is 4.90 Å². The highest BCUT2D eigenvalue weighted by molar-refractivity contribution is 5.85. The Morgan fingerprint density at radius 3 is 3.00 bits per heavy atom. The van der Waals surface area contributed by atoms with Crippen LogP contribution in [0.3, 0.4) is 0 Å². The molecule has 5 heteroatoms. The summed E-state index contributed by atoms with van der Waals surface area (Å²) in [5, 5.41) is 11.8. The quantitative estimate of drug-likeness (QED) is 0.674. The molecular weight excluding hydrogens is 328 g/mol. The van der Waals surface area contributed by atoms with E-state index in [1.807, 2.05) is 0 Å². The zero-order valence-corrected chi connectivity index (χ0v) is 15.2. The van der Waals surface area contributed by atoms with Crippen LogP contribution in [0.1, 0.15) is 36.6 Å². The molecule has 3 aliphatic rings. The fourth-order valence-electron chi connectivity index (χ4n) is 6.01. The molecule has 5 rings (SSSR count). The zero-order chi connectivity index (χ0) is 17.8. The van der Waals surface area contributed by atoms with E-state index >= 15 is 0 Å². The van der Waals surface area contributed by atoms with Gasteiger partial charge in [-0.25, -0.2) is 0 Å². The average molecular weight is 355 g/mol. The summed E-state index contributed by atoms with van der Waals surface area (Å²) in [5.41, 5.74) is 4.03. The molecule has 0 spiro atoms. The second-order valence-electron chi connectivity index (χ2n) is 8.33. The third-order valence-electron chi connectivity index (χ3n) is 7.20. The summed E-state index contributed by atoms with van der Waals surface area (Å²) in [5.74, 6) is 0.135. The zero-order valence-electron chi connectivity index (χ0n) is 15.2. The van der Waals surface area contributed by atoms with E-state index in [9.17, 15) is 9.90 Å². The number of methoxy groups -OCH3 is 1. The Hall–Kier alpha value is -1.85. The molecule has 5 nitrogen and oxygen atoms in total. The number of aromatic amines is 1. The van der Waals surface area contributed by atoms with Gasteiger partial charge in [0.05, 0.1) is 37.9 Å². The highest BCUT2D eigenvalue weighted by Gasteiger charge is 2.51. The standard InChI is InChI=1S/C21H26N2O3/c1-26-21(25)19-15-10-17-20-14(13-4-2-3-5-16(13)22-20)8-9-23(17)11-12(15)6-7-18(19)24/h2-5,12,15,17-19,22,24H,6-11H2,1H3/p+1/t12-,15-,17-,18+,19-/m1/s1. The molecule has 0 radical (unpaired) electrons. The van der Waals surface area contributed by atoms with Crippen LogP contribution in [-0.4, -0.2) is 42.4 Å². The normalized spacial score (nSPS) is 36.1. The van der Waals surface area contributed by atoms with Crippen LogP contribution in [0.2, 0.25) is 0 Å². The lowest BCUT2D eigenvalue weighted by Gasteiger charge is -2.48. The van der Waals surface area contributed by atoms with Gasteiger partial charge in [0.2, 0.25) is 0 Å². The van der Waals surface area contributed by atoms with Crippen LogP contribution in [0.25, 0.3) is 10.9 Å². The molecule has 26 heavy (non-hydrogen) atoms. The molecule has 1 aromatic carbocycles. The Balaban J connectivity index is 1.52. The number of ether oxygens (including phenoxy) is 1. The van der Waals surface area contributed by atoms with Crippen LogP contribution in [0, 0.1) is 17.8 Å². The van der Waals surface area contributed by atoms with Crippen molar-refractivity contribution in [2.45, 2.75) is 37.8 Å². The number of quaternary nitrogens is 1. The maximum Gasteiger partial charge on any atom is 0.311 e. The van der Waals surface area contributed by atoms with Gasteiger partial charge >= 0.3 is 5.97 Å². The van der Waals surface area contributed by atoms with Crippen molar-refractivity contribution in [3.8, 4) is 0 Å². The van der Waals surface area contributed by atoms with E-state index in [-0.39, 0.29) is 17.8 Å². The number of piperidine rings is 1. The number of hydrogen-bond acceptors (Lipinski definition) is 3. The lowest BCUT2D eigenvalue weighted by Crippen LogP contribution is -3.15. The molecule has 6 atom stereocenters. The molecule has 2 fully saturated rings. The van der Waals surface area contributed by atoms with Crippen molar-refractivity contribution < 1.29 is 19.5 Å².